The maximum atomic E-state index is 12.4. The Kier molecular flexibility index (Phi) is 9.40. The van der Waals surface area contributed by atoms with Crippen LogP contribution in [0.15, 0.2) is 6.20 Å². The van der Waals surface area contributed by atoms with Gasteiger partial charge in [-0.1, -0.05) is 0 Å². The van der Waals surface area contributed by atoms with Gasteiger partial charge >= 0.3 is 0 Å². The fraction of sp³-hybridized carbons (Fsp3) is 0.692. The van der Waals surface area contributed by atoms with Crippen LogP contribution >= 0.6 is 36.2 Å². The van der Waals surface area contributed by atoms with E-state index in [4.69, 9.17) is 4.74 Å². The summed E-state index contributed by atoms with van der Waals surface area (Å²) in [6.07, 6.45) is 1.63. The number of aromatic nitrogens is 1. The summed E-state index contributed by atoms with van der Waals surface area (Å²) in [7, 11) is 0. The van der Waals surface area contributed by atoms with Crippen molar-refractivity contribution in [2.24, 2.45) is 0 Å². The molecular weight excluding hydrogens is 333 g/mol. The molecule has 0 saturated carbocycles. The van der Waals surface area contributed by atoms with Crippen molar-refractivity contribution < 1.29 is 9.53 Å². The van der Waals surface area contributed by atoms with Crippen molar-refractivity contribution in [3.8, 4) is 0 Å². The van der Waals surface area contributed by atoms with Crippen molar-refractivity contribution in [1.82, 2.24) is 15.2 Å². The molecule has 1 aromatic heterocycles. The molecule has 0 radical (unpaired) electrons. The second kappa shape index (κ2) is 9.58. The molecule has 1 aliphatic rings. The van der Waals surface area contributed by atoms with Gasteiger partial charge in [0, 0.05) is 32.3 Å². The zero-order chi connectivity index (χ0) is 13.8. The fourth-order valence-electron chi connectivity index (χ4n) is 2.18. The van der Waals surface area contributed by atoms with Crippen molar-refractivity contribution in [3.63, 3.8) is 0 Å². The summed E-state index contributed by atoms with van der Waals surface area (Å²) in [5, 5.41) is 4.15. The molecule has 21 heavy (non-hydrogen) atoms. The predicted molar refractivity (Wildman–Crippen MR) is 90.0 cm³/mol. The summed E-state index contributed by atoms with van der Waals surface area (Å²) in [6.45, 7) is 9.11. The number of carbonyl (C=O) groups is 1. The minimum Gasteiger partial charge on any atom is -0.372 e. The average Bonchev–Trinajstić information content (AvgIpc) is 2.88. The van der Waals surface area contributed by atoms with E-state index in [2.05, 4.69) is 17.2 Å². The van der Waals surface area contributed by atoms with Gasteiger partial charge in [-0.3, -0.25) is 4.79 Å². The Morgan fingerprint density at radius 3 is 2.95 bits per heavy atom. The quantitative estimate of drug-likeness (QED) is 0.901. The number of hydrogen-bond acceptors (Lipinski definition) is 5. The Balaban J connectivity index is 0.00000200. The second-order valence-corrected chi connectivity index (χ2v) is 5.77. The Morgan fingerprint density at radius 2 is 2.33 bits per heavy atom. The lowest BCUT2D eigenvalue weighted by atomic mass is 10.2. The van der Waals surface area contributed by atoms with Crippen LogP contribution in [0, 0.1) is 0 Å². The maximum Gasteiger partial charge on any atom is 0.265 e. The van der Waals surface area contributed by atoms with Crippen molar-refractivity contribution in [2.75, 3.05) is 26.2 Å². The number of nitrogens with one attached hydrogen (secondary N) is 1. The van der Waals surface area contributed by atoms with Gasteiger partial charge in [0.2, 0.25) is 0 Å². The number of amides is 1. The fourth-order valence-corrected chi connectivity index (χ4v) is 3.05. The summed E-state index contributed by atoms with van der Waals surface area (Å²) in [6, 6.07) is 0.233. The van der Waals surface area contributed by atoms with Crippen molar-refractivity contribution in [1.29, 1.82) is 0 Å². The number of nitrogens with zero attached hydrogens (tertiary/aromatic N) is 2. The number of piperazine rings is 1. The van der Waals surface area contributed by atoms with Gasteiger partial charge in [0.05, 0.1) is 6.20 Å². The summed E-state index contributed by atoms with van der Waals surface area (Å²) in [4.78, 5) is 19.4. The number of hydrogen-bond donors (Lipinski definition) is 1. The van der Waals surface area contributed by atoms with E-state index in [9.17, 15) is 4.79 Å². The number of rotatable bonds is 4. The number of halogens is 2. The molecule has 122 valence electrons. The topological polar surface area (TPSA) is 54.5 Å². The third-order valence-corrected chi connectivity index (χ3v) is 4.41. The highest BCUT2D eigenvalue weighted by Gasteiger charge is 2.26. The van der Waals surface area contributed by atoms with Gasteiger partial charge in [-0.25, -0.2) is 4.98 Å². The van der Waals surface area contributed by atoms with Gasteiger partial charge in [-0.15, -0.1) is 36.2 Å². The maximum absolute atomic E-state index is 12.4. The molecule has 8 heteroatoms. The molecule has 1 amide bonds. The van der Waals surface area contributed by atoms with Crippen LogP contribution in [0.5, 0.6) is 0 Å². The monoisotopic (exact) mass is 355 g/mol. The molecule has 1 aliphatic heterocycles. The lowest BCUT2D eigenvalue weighted by Gasteiger charge is -2.33. The number of carbonyl (C=O) groups excluding carboxylic acids is 1. The van der Waals surface area contributed by atoms with Crippen LogP contribution in [0.25, 0.3) is 0 Å². The standard InChI is InChI=1S/C13H21N3O2S.2ClH/c1-4-18-10(3)12-15-8-11(19-12)13(17)16-6-5-14-7-9(16)2;;/h8-10,14H,4-7H2,1-3H3;2*1H/t9-,10?;;/m0../s1. The number of ether oxygens (including phenoxy) is 1. The van der Waals surface area contributed by atoms with E-state index >= 15 is 0 Å². The molecule has 1 N–H and O–H groups in total. The molecule has 0 aliphatic carbocycles. The molecule has 0 aromatic carbocycles. The highest BCUT2D eigenvalue weighted by molar-refractivity contribution is 7.13. The molecular formula is C13H23Cl2N3O2S. The molecule has 1 aromatic rings. The van der Waals surface area contributed by atoms with E-state index in [1.807, 2.05) is 18.7 Å². The lowest BCUT2D eigenvalue weighted by Crippen LogP contribution is -2.52. The van der Waals surface area contributed by atoms with E-state index in [1.165, 1.54) is 11.3 Å². The SMILES string of the molecule is CCOC(C)c1ncc(C(=O)N2CCNC[C@@H]2C)s1.Cl.Cl. The molecule has 5 nitrogen and oxygen atoms in total. The highest BCUT2D eigenvalue weighted by Crippen LogP contribution is 2.24. The molecule has 0 spiro atoms. The molecule has 0 bridgehead atoms. The molecule has 2 rings (SSSR count). The van der Waals surface area contributed by atoms with E-state index < -0.39 is 0 Å². The van der Waals surface area contributed by atoms with Gasteiger partial charge in [0.1, 0.15) is 16.0 Å². The normalized spacial score (nSPS) is 19.4. The Bertz CT molecular complexity index is 445. The van der Waals surface area contributed by atoms with Gasteiger partial charge in [-0.05, 0) is 20.8 Å². The van der Waals surface area contributed by atoms with Crippen LogP contribution < -0.4 is 5.32 Å². The second-order valence-electron chi connectivity index (χ2n) is 4.71. The van der Waals surface area contributed by atoms with Crippen LogP contribution in [-0.4, -0.2) is 48.1 Å². The number of thiazole rings is 1. The highest BCUT2D eigenvalue weighted by atomic mass is 35.5. The molecule has 1 unspecified atom stereocenters. The largest absolute Gasteiger partial charge is 0.372 e. The Morgan fingerprint density at radius 1 is 1.62 bits per heavy atom. The van der Waals surface area contributed by atoms with Crippen LogP contribution in [-0.2, 0) is 4.74 Å². The smallest absolute Gasteiger partial charge is 0.265 e. The first kappa shape index (κ1) is 20.6. The van der Waals surface area contributed by atoms with Gasteiger partial charge < -0.3 is 15.0 Å². The van der Waals surface area contributed by atoms with Gasteiger partial charge in [0.25, 0.3) is 5.91 Å². The summed E-state index contributed by atoms with van der Waals surface area (Å²) < 4.78 is 5.50. The zero-order valence-electron chi connectivity index (χ0n) is 12.5. The zero-order valence-corrected chi connectivity index (χ0v) is 14.9. The van der Waals surface area contributed by atoms with E-state index in [-0.39, 0.29) is 42.9 Å². The third kappa shape index (κ3) is 5.07. The Labute approximate surface area is 142 Å². The van der Waals surface area contributed by atoms with Gasteiger partial charge in [-0.2, -0.15) is 0 Å². The minimum atomic E-state index is -0.0444. The van der Waals surface area contributed by atoms with E-state index in [1.54, 1.807) is 6.20 Å². The molecule has 2 atom stereocenters. The summed E-state index contributed by atoms with van der Waals surface area (Å²) >= 11 is 1.44. The van der Waals surface area contributed by atoms with Crippen LogP contribution in [0.3, 0.4) is 0 Å². The van der Waals surface area contributed by atoms with Crippen molar-refractivity contribution >= 4 is 42.1 Å². The summed E-state index contributed by atoms with van der Waals surface area (Å²) in [5.74, 6) is 0.0847. The first-order chi connectivity index (χ1) is 9.13. The van der Waals surface area contributed by atoms with Crippen molar-refractivity contribution in [2.45, 2.75) is 32.9 Å². The van der Waals surface area contributed by atoms with Crippen LogP contribution in [0.4, 0.5) is 0 Å². The van der Waals surface area contributed by atoms with Crippen LogP contribution in [0.1, 0.15) is 41.6 Å². The van der Waals surface area contributed by atoms with E-state index in [0.717, 1.165) is 24.6 Å². The first-order valence-electron chi connectivity index (χ1n) is 6.72. The molecule has 1 saturated heterocycles. The Hall–Kier alpha value is -0.400. The van der Waals surface area contributed by atoms with Crippen LogP contribution in [0.2, 0.25) is 0 Å². The third-order valence-electron chi connectivity index (χ3n) is 3.26. The molecule has 1 fully saturated rings. The lowest BCUT2D eigenvalue weighted by molar-refractivity contribution is 0.0660. The van der Waals surface area contributed by atoms with Gasteiger partial charge in [0.15, 0.2) is 0 Å². The average molecular weight is 356 g/mol. The van der Waals surface area contributed by atoms with Crippen molar-refractivity contribution in [3.05, 3.63) is 16.1 Å². The molecule has 2 heterocycles. The van der Waals surface area contributed by atoms with E-state index in [0.29, 0.717) is 11.5 Å². The predicted octanol–water partition coefficient (Wildman–Crippen LogP) is 2.52. The first-order valence-corrected chi connectivity index (χ1v) is 7.54. The minimum absolute atomic E-state index is 0. The summed E-state index contributed by atoms with van der Waals surface area (Å²) in [5.41, 5.74) is 0.